The van der Waals surface area contributed by atoms with E-state index in [1.165, 1.54) is 79.5 Å². The van der Waals surface area contributed by atoms with E-state index in [4.69, 9.17) is 72.6 Å². The first-order valence-electron chi connectivity index (χ1n) is 47.8. The van der Waals surface area contributed by atoms with E-state index in [-0.39, 0.29) is 51.0 Å². The van der Waals surface area contributed by atoms with Crippen molar-refractivity contribution in [3.8, 4) is 16.8 Å². The molecule has 0 radical (unpaired) electrons. The SMILES string of the molecule is CC(C)(C)c1cc(C(C)(C)C)c2op(-c3ccsc3)oc3c(C(C)(C)C)cc(C(C)(C)C)cc3c2c1.CCOC(=O)CCCOP(OCCCC(=O)OCC)c1cc(C)sc1C.CCOC(=O)CCCOP(OCCCC(=O)OCC)c1ccc(C)s1.CCc1cc(C)c(OP(Oc2c(C)cc(CC)cc2CC)c2cccs2)c(CC)c1.c1csc(P2OCC3(CO2)COP(c2cccs2)OC3)c1. The van der Waals surface area contributed by atoms with Gasteiger partial charge in [-0.2, -0.15) is 11.3 Å². The number of hydrogen-bond donors (Lipinski definition) is 0. The molecular weight excluding hydrogens is 1970 g/mol. The summed E-state index contributed by atoms with van der Waals surface area (Å²) in [6.45, 7) is 59.7. The van der Waals surface area contributed by atoms with Gasteiger partial charge in [0.2, 0.25) is 33.5 Å². The van der Waals surface area contributed by atoms with E-state index in [2.05, 4.69) is 243 Å². The number of aryl methyl sites for hydroxylation is 9. The Morgan fingerprint density at radius 2 is 0.819 bits per heavy atom. The number of fused-ring (bicyclic) bond motifs is 3. The third-order valence-corrected chi connectivity index (χ3v) is 37.8. The van der Waals surface area contributed by atoms with Crippen LogP contribution in [0.3, 0.4) is 0 Å². The zero-order chi connectivity index (χ0) is 100. The average Bonchev–Trinajstić information content (AvgIpc) is 1.53. The van der Waals surface area contributed by atoms with Crippen LogP contribution in [-0.2, 0) is 122 Å². The number of thiophene rings is 6. The number of hydrogen-bond acceptors (Lipinski definition) is 26. The van der Waals surface area contributed by atoms with Crippen LogP contribution in [0.2, 0.25) is 0 Å². The lowest BCUT2D eigenvalue weighted by Crippen LogP contribution is -2.45. The Kier molecular flexibility index (Phi) is 47.6. The van der Waals surface area contributed by atoms with Crippen molar-refractivity contribution in [1.82, 2.24) is 0 Å². The highest BCUT2D eigenvalue weighted by Crippen LogP contribution is 2.55. The van der Waals surface area contributed by atoms with Gasteiger partial charge in [-0.1, -0.05) is 165 Å². The second-order valence-corrected chi connectivity index (χ2v) is 53.9. The molecule has 20 nitrogen and oxygen atoms in total. The molecule has 2 saturated heterocycles. The predicted octanol–water partition coefficient (Wildman–Crippen LogP) is 30.4. The van der Waals surface area contributed by atoms with Crippen LogP contribution in [0.1, 0.15) is 260 Å². The Morgan fingerprint density at radius 1 is 0.413 bits per heavy atom. The number of rotatable bonds is 38. The van der Waals surface area contributed by atoms with Crippen LogP contribution >= 0.6 is 118 Å². The van der Waals surface area contributed by atoms with Crippen LogP contribution in [-0.4, -0.2) is 103 Å². The molecule has 4 aromatic carbocycles. The molecule has 9 heterocycles. The van der Waals surface area contributed by atoms with Gasteiger partial charge in [0.1, 0.15) is 27.3 Å². The molecule has 1 spiro atoms. The topological polar surface area (TPSA) is 224 Å². The third-order valence-electron chi connectivity index (χ3n) is 21.9. The van der Waals surface area contributed by atoms with Gasteiger partial charge in [-0.25, -0.2) is 0 Å². The van der Waals surface area contributed by atoms with Gasteiger partial charge >= 0.3 is 32.3 Å². The molecule has 138 heavy (non-hydrogen) atoms. The number of benzene rings is 4. The molecule has 13 rings (SSSR count). The van der Waals surface area contributed by atoms with Crippen molar-refractivity contribution in [1.29, 1.82) is 0 Å². The lowest BCUT2D eigenvalue weighted by Gasteiger charge is -2.42. The highest BCUT2D eigenvalue weighted by Gasteiger charge is 2.44. The third kappa shape index (κ3) is 35.6. The number of carbonyl (C=O) groups is 4. The van der Waals surface area contributed by atoms with Crippen molar-refractivity contribution in [3.63, 3.8) is 0 Å². The molecule has 0 amide bonds. The minimum Gasteiger partial charge on any atom is -0.466 e. The molecule has 32 heteroatoms. The highest BCUT2D eigenvalue weighted by atomic mass is 32.1. The van der Waals surface area contributed by atoms with Crippen LogP contribution in [0, 0.1) is 40.0 Å². The molecule has 2 aliphatic rings. The molecule has 0 saturated carbocycles. The Bertz CT molecular complexity index is 5330. The summed E-state index contributed by atoms with van der Waals surface area (Å²) >= 11 is 10.1. The van der Waals surface area contributed by atoms with Crippen LogP contribution < -0.4 is 32.8 Å². The predicted molar refractivity (Wildman–Crippen MR) is 584 cm³/mol. The van der Waals surface area contributed by atoms with Crippen molar-refractivity contribution in [2.75, 3.05) is 79.3 Å². The van der Waals surface area contributed by atoms with Crippen molar-refractivity contribution in [2.45, 2.75) is 272 Å². The summed E-state index contributed by atoms with van der Waals surface area (Å²) in [6.07, 6.45) is 7.67. The van der Waals surface area contributed by atoms with Crippen molar-refractivity contribution in [2.24, 2.45) is 5.41 Å². The normalized spacial score (nSPS) is 15.1. The molecule has 2 aliphatic heterocycles. The number of ether oxygens (including phenoxy) is 4. The van der Waals surface area contributed by atoms with Crippen molar-refractivity contribution in [3.05, 3.63) is 206 Å². The summed E-state index contributed by atoms with van der Waals surface area (Å²) in [5.41, 5.74) is 14.4. The average molecular weight is 2120 g/mol. The van der Waals surface area contributed by atoms with E-state index in [1.54, 1.807) is 95.7 Å². The molecule has 0 bridgehead atoms. The maximum atomic E-state index is 11.4. The minimum atomic E-state index is -1.32. The molecule has 2 fully saturated rings. The van der Waals surface area contributed by atoms with E-state index in [1.807, 2.05) is 38.1 Å². The van der Waals surface area contributed by atoms with Crippen LogP contribution in [0.4, 0.5) is 0 Å². The fourth-order valence-corrected chi connectivity index (χ4v) is 29.9. The van der Waals surface area contributed by atoms with Gasteiger partial charge in [-0.05, 0) is 256 Å². The van der Waals surface area contributed by atoms with Gasteiger partial charge < -0.3 is 72.6 Å². The van der Waals surface area contributed by atoms with E-state index in [0.717, 1.165) is 79.0 Å². The zero-order valence-electron chi connectivity index (χ0n) is 85.5. The molecule has 0 aliphatic carbocycles. The zero-order valence-corrected chi connectivity index (χ0v) is 95.8. The highest BCUT2D eigenvalue weighted by molar-refractivity contribution is 7.65. The molecule has 0 unspecified atom stereocenters. The fourth-order valence-electron chi connectivity index (χ4n) is 14.3. The van der Waals surface area contributed by atoms with E-state index < -0.39 is 49.9 Å². The van der Waals surface area contributed by atoms with E-state index >= 15 is 0 Å². The Morgan fingerprint density at radius 3 is 1.14 bits per heavy atom. The fraction of sp³-hybridized carbons (Fsp3) is 0.509. The monoisotopic (exact) mass is 2120 g/mol. The van der Waals surface area contributed by atoms with Gasteiger partial charge in [0.15, 0.2) is 0 Å². The molecule has 0 N–H and O–H groups in total. The quantitative estimate of drug-likeness (QED) is 0.0152. The van der Waals surface area contributed by atoms with Gasteiger partial charge in [0.05, 0.1) is 104 Å². The first kappa shape index (κ1) is 116. The maximum absolute atomic E-state index is 11.4. The van der Waals surface area contributed by atoms with Gasteiger partial charge in [0, 0.05) is 72.9 Å². The summed E-state index contributed by atoms with van der Waals surface area (Å²) in [4.78, 5) is 49.0. The molecule has 7 aromatic heterocycles. The van der Waals surface area contributed by atoms with E-state index in [0.29, 0.717) is 131 Å². The summed E-state index contributed by atoms with van der Waals surface area (Å²) in [5.74, 6) is 1.12. The van der Waals surface area contributed by atoms with Crippen LogP contribution in [0.5, 0.6) is 11.5 Å². The lowest BCUT2D eigenvalue weighted by molar-refractivity contribution is -0.144. The molecule has 0 atom stereocenters. The summed E-state index contributed by atoms with van der Waals surface area (Å²) in [6, 6.07) is 39.1. The number of carbonyl (C=O) groups excluding carboxylic acids is 4. The summed E-state index contributed by atoms with van der Waals surface area (Å²) in [7, 11) is -6.83. The summed E-state index contributed by atoms with van der Waals surface area (Å²) in [5, 5.41) is 15.0. The largest absolute Gasteiger partial charge is 0.466 e. The Hall–Kier alpha value is -5.71. The second-order valence-electron chi connectivity index (χ2n) is 37.5. The Labute approximate surface area is 852 Å². The lowest BCUT2D eigenvalue weighted by atomic mass is 9.77. The van der Waals surface area contributed by atoms with Crippen molar-refractivity contribution < 1.29 is 91.8 Å². The maximum Gasteiger partial charge on any atom is 0.336 e. The standard InChI is InChI=1S/C32H43O2PS.C26H33O2PS.C18H29O6PS.C17H27O6PS.C13H14O4P2S2/c1-29(2,3)20-15-23-24-16-21(30(4,5)6)18-26(32(10,11)12)28(24)34-35(22-13-14-36-19-22)33-27(23)25(17-20)31(7,8)9;1-7-20-14-18(5)25(22(9-3)16-20)27-29(24-12-11-13-30-24)28-26-19(6)15-21(8-2)17-23(26)10-4;1-5-21-17(19)9-7-11-23-25(16-13-14(3)26-15(16)4)24-12-8-10-18(20)22-6-2;1-4-20-15(18)8-6-12-22-24(17-11-10-14(3)25-17)23-13-7-9-16(19)21-5-2;1-3-11(20-5-1)18-14-7-13(8-15-18)9-16-19(17-10-13)12-4-2-6-21-12/h13-19H,1-12H3;11-17H,7-10H2,1-6H3;13H,5-12H2,1-4H3;10-11H,4-9,12-13H2,1-3H3;1-6H,7-10H2. The Balaban J connectivity index is 0.000000195. The first-order valence-corrected chi connectivity index (χ1v) is 60.1. The minimum absolute atomic E-state index is 0.00887. The van der Waals surface area contributed by atoms with Crippen LogP contribution in [0.25, 0.3) is 27.2 Å². The van der Waals surface area contributed by atoms with E-state index in [9.17, 15) is 19.2 Å². The van der Waals surface area contributed by atoms with Crippen LogP contribution in [0.15, 0.2) is 144 Å². The molecule has 11 aromatic rings. The van der Waals surface area contributed by atoms with Gasteiger partial charge in [-0.3, -0.25) is 19.2 Å². The van der Waals surface area contributed by atoms with Crippen molar-refractivity contribution >= 4 is 188 Å². The first-order chi connectivity index (χ1) is 65.8. The second kappa shape index (κ2) is 56.7. The molecular formula is C106H146O20P6S6. The smallest absolute Gasteiger partial charge is 0.336 e. The summed E-state index contributed by atoms with van der Waals surface area (Å²) < 4.78 is 98.8. The molecule has 756 valence electrons. The van der Waals surface area contributed by atoms with Gasteiger partial charge in [-0.15, -0.1) is 56.7 Å². The number of esters is 4. The van der Waals surface area contributed by atoms with Gasteiger partial charge in [0.25, 0.3) is 8.01 Å².